The van der Waals surface area contributed by atoms with E-state index in [4.69, 9.17) is 30.0 Å². The Morgan fingerprint density at radius 3 is 1.12 bits per heavy atom. The molecular weight excluding hydrogens is 269 g/mol. The molecule has 0 heterocycles. The number of aliphatic hydroxyl groups excluding tert-OH is 2. The Kier molecular flexibility index (Phi) is 22.3. The number of hydrogen-bond acceptors (Lipinski definition) is 6. The van der Waals surface area contributed by atoms with E-state index in [1.54, 1.807) is 13.8 Å². The van der Waals surface area contributed by atoms with Crippen LogP contribution in [0.15, 0.2) is 0 Å². The molecule has 0 atom stereocenters. The van der Waals surface area contributed by atoms with Crippen molar-refractivity contribution in [2.75, 3.05) is 13.2 Å². The summed E-state index contributed by atoms with van der Waals surface area (Å²) in [5, 5.41) is 34.6. The van der Waals surface area contributed by atoms with Crippen molar-refractivity contribution in [2.24, 2.45) is 5.41 Å². The van der Waals surface area contributed by atoms with Crippen molar-refractivity contribution < 1.29 is 49.5 Å². The quantitative estimate of drug-likeness (QED) is 0.542. The van der Waals surface area contributed by atoms with E-state index >= 15 is 0 Å². The van der Waals surface area contributed by atoms with Crippen molar-refractivity contribution in [3.63, 3.8) is 0 Å². The van der Waals surface area contributed by atoms with Gasteiger partial charge in [0.05, 0.1) is 13.2 Å². The number of carboxylic acids is 2. The van der Waals surface area contributed by atoms with Crippen LogP contribution in [0.3, 0.4) is 0 Å². The van der Waals surface area contributed by atoms with Gasteiger partial charge in [-0.2, -0.15) is 0 Å². The van der Waals surface area contributed by atoms with Gasteiger partial charge in [-0.1, -0.05) is 13.8 Å². The van der Waals surface area contributed by atoms with Gasteiger partial charge in [-0.3, -0.25) is 0 Å². The minimum absolute atomic E-state index is 0. The summed E-state index contributed by atoms with van der Waals surface area (Å²) in [5.41, 5.74) is -0.306. The molecule has 92 valence electrons. The summed E-state index contributed by atoms with van der Waals surface area (Å²) in [6, 6.07) is 0. The summed E-state index contributed by atoms with van der Waals surface area (Å²) in [6.07, 6.45) is 0. The zero-order chi connectivity index (χ0) is 13.1. The molecular formula is C9H18O6Zn. The Bertz CT molecular complexity index is 155. The molecule has 0 aromatic heterocycles. The number of rotatable bonds is 2. The van der Waals surface area contributed by atoms with Gasteiger partial charge in [0.25, 0.3) is 0 Å². The average molecular weight is 288 g/mol. The predicted molar refractivity (Wildman–Crippen MR) is 49.3 cm³/mol. The molecule has 6 nitrogen and oxygen atoms in total. The van der Waals surface area contributed by atoms with Crippen molar-refractivity contribution in [3.05, 3.63) is 0 Å². The maximum Gasteiger partial charge on any atom is 2.00 e. The summed E-state index contributed by atoms with van der Waals surface area (Å²) in [5.74, 6) is -2.17. The molecule has 0 amide bonds. The van der Waals surface area contributed by atoms with Crippen molar-refractivity contribution in [1.82, 2.24) is 0 Å². The van der Waals surface area contributed by atoms with Gasteiger partial charge >= 0.3 is 19.5 Å². The molecule has 0 rings (SSSR count). The fraction of sp³-hybridized carbons (Fsp3) is 0.778. The van der Waals surface area contributed by atoms with Gasteiger partial charge in [0.2, 0.25) is 0 Å². The van der Waals surface area contributed by atoms with E-state index in [0.29, 0.717) is 0 Å². The normalized spacial score (nSPS) is 8.38. The first-order valence-electron chi connectivity index (χ1n) is 4.16. The molecule has 0 saturated heterocycles. The Balaban J connectivity index is -0.0000000700. The van der Waals surface area contributed by atoms with Gasteiger partial charge in [0, 0.05) is 17.4 Å². The minimum atomic E-state index is -1.08. The number of carbonyl (C=O) groups excluding carboxylic acids is 2. The summed E-state index contributed by atoms with van der Waals surface area (Å²) in [7, 11) is 0. The zero-order valence-electron chi connectivity index (χ0n) is 10.1. The van der Waals surface area contributed by atoms with E-state index in [1.165, 1.54) is 0 Å². The molecule has 0 spiro atoms. The second-order valence-electron chi connectivity index (χ2n) is 3.46. The molecule has 7 heteroatoms. The molecule has 0 saturated carbocycles. The van der Waals surface area contributed by atoms with E-state index in [-0.39, 0.29) is 38.1 Å². The smallest absolute Gasteiger partial charge is 0.550 e. The average Bonchev–Trinajstić information content (AvgIpc) is 2.02. The van der Waals surface area contributed by atoms with Crippen LogP contribution in [-0.2, 0) is 29.1 Å². The van der Waals surface area contributed by atoms with Crippen LogP contribution in [0, 0.1) is 5.41 Å². The van der Waals surface area contributed by atoms with E-state index in [9.17, 15) is 0 Å². The number of carbonyl (C=O) groups is 2. The van der Waals surface area contributed by atoms with Gasteiger partial charge in [-0.05, 0) is 13.8 Å². The molecule has 0 fully saturated rings. The maximum atomic E-state index is 8.89. The summed E-state index contributed by atoms with van der Waals surface area (Å²) in [6.45, 7) is 5.63. The Hall–Kier alpha value is -0.517. The van der Waals surface area contributed by atoms with Crippen LogP contribution in [0.25, 0.3) is 0 Å². The van der Waals surface area contributed by atoms with Crippen molar-refractivity contribution >= 4 is 11.9 Å². The van der Waals surface area contributed by atoms with Gasteiger partial charge in [-0.15, -0.1) is 0 Å². The molecule has 0 radical (unpaired) electrons. The SMILES string of the molecule is CC(=O)[O-].CC(=O)[O-].CC(C)(CO)CO.[Zn+2]. The molecule has 0 aromatic rings. The molecule has 2 N–H and O–H groups in total. The maximum absolute atomic E-state index is 8.89. The molecule has 0 aromatic carbocycles. The summed E-state index contributed by atoms with van der Waals surface area (Å²) >= 11 is 0. The first-order valence-corrected chi connectivity index (χ1v) is 4.16. The molecule has 16 heavy (non-hydrogen) atoms. The number of aliphatic carboxylic acids is 2. The number of carboxylic acid groups (broad SMARTS) is 2. The van der Waals surface area contributed by atoms with Gasteiger partial charge in [0.15, 0.2) is 0 Å². The minimum Gasteiger partial charge on any atom is -0.550 e. The second-order valence-corrected chi connectivity index (χ2v) is 3.46. The second kappa shape index (κ2) is 14.5. The van der Waals surface area contributed by atoms with Crippen LogP contribution < -0.4 is 10.2 Å². The fourth-order valence-electron chi connectivity index (χ4n) is 0.0500. The molecule has 0 bridgehead atoms. The summed E-state index contributed by atoms with van der Waals surface area (Å²) in [4.78, 5) is 17.8. The van der Waals surface area contributed by atoms with Gasteiger partial charge in [-0.25, -0.2) is 0 Å². The monoisotopic (exact) mass is 286 g/mol. The topological polar surface area (TPSA) is 121 Å². The van der Waals surface area contributed by atoms with Crippen LogP contribution in [0.4, 0.5) is 0 Å². The van der Waals surface area contributed by atoms with Crippen LogP contribution >= 0.6 is 0 Å². The third-order valence-electron chi connectivity index (χ3n) is 0.856. The summed E-state index contributed by atoms with van der Waals surface area (Å²) < 4.78 is 0. The van der Waals surface area contributed by atoms with E-state index in [1.807, 2.05) is 0 Å². The molecule has 0 aliphatic carbocycles. The molecule has 0 unspecified atom stereocenters. The van der Waals surface area contributed by atoms with Crippen LogP contribution in [0.1, 0.15) is 27.7 Å². The van der Waals surface area contributed by atoms with Gasteiger partial charge < -0.3 is 30.0 Å². The van der Waals surface area contributed by atoms with E-state index in [0.717, 1.165) is 13.8 Å². The van der Waals surface area contributed by atoms with Crippen LogP contribution in [-0.4, -0.2) is 35.4 Å². The van der Waals surface area contributed by atoms with Crippen LogP contribution in [0.2, 0.25) is 0 Å². The molecule has 0 aliphatic rings. The van der Waals surface area contributed by atoms with Crippen LogP contribution in [0.5, 0.6) is 0 Å². The number of aliphatic hydroxyl groups is 2. The standard InChI is InChI=1S/C5H12O2.2C2H4O2.Zn/c1-5(2,3-6)4-7;2*1-2(3)4;/h6-7H,3-4H2,1-2H3;2*1H3,(H,3,4);/q;;;+2/p-2. The number of hydrogen-bond donors (Lipinski definition) is 2. The fourth-order valence-corrected chi connectivity index (χ4v) is 0.0500. The first kappa shape index (κ1) is 24.6. The Labute approximate surface area is 108 Å². The van der Waals surface area contributed by atoms with Crippen molar-refractivity contribution in [2.45, 2.75) is 27.7 Å². The Morgan fingerprint density at radius 1 is 1.00 bits per heavy atom. The zero-order valence-corrected chi connectivity index (χ0v) is 13.1. The van der Waals surface area contributed by atoms with Crippen molar-refractivity contribution in [1.29, 1.82) is 0 Å². The van der Waals surface area contributed by atoms with Gasteiger partial charge in [0.1, 0.15) is 0 Å². The van der Waals surface area contributed by atoms with Crippen molar-refractivity contribution in [3.8, 4) is 0 Å². The van der Waals surface area contributed by atoms with E-state index < -0.39 is 11.9 Å². The largest absolute Gasteiger partial charge is 2.00 e. The predicted octanol–water partition coefficient (Wildman–Crippen LogP) is -2.49. The van der Waals surface area contributed by atoms with E-state index in [2.05, 4.69) is 0 Å². The molecule has 0 aliphatic heterocycles. The Morgan fingerprint density at radius 2 is 1.12 bits per heavy atom. The third kappa shape index (κ3) is 69.9. The third-order valence-corrected chi connectivity index (χ3v) is 0.856. The first-order chi connectivity index (χ1) is 6.59.